The van der Waals surface area contributed by atoms with Crippen LogP contribution in [0.3, 0.4) is 0 Å². The molecule has 0 N–H and O–H groups in total. The second kappa shape index (κ2) is 4.50. The van der Waals surface area contributed by atoms with Crippen molar-refractivity contribution in [1.82, 2.24) is 0 Å². The van der Waals surface area contributed by atoms with E-state index in [9.17, 15) is 17.6 Å². The Morgan fingerprint density at radius 3 is 2.27 bits per heavy atom. The molecule has 0 aromatic rings. The van der Waals surface area contributed by atoms with E-state index in [0.717, 1.165) is 0 Å². The van der Waals surface area contributed by atoms with Gasteiger partial charge in [-0.3, -0.25) is 4.74 Å². The summed E-state index contributed by atoms with van der Waals surface area (Å²) in [7, 11) is 0. The van der Waals surface area contributed by atoms with Gasteiger partial charge in [0, 0.05) is 6.61 Å². The molecule has 0 aliphatic carbocycles. The van der Waals surface area contributed by atoms with Gasteiger partial charge in [0.25, 0.3) is 0 Å². The molecule has 0 unspecified atom stereocenters. The van der Waals surface area contributed by atoms with Gasteiger partial charge < -0.3 is 4.74 Å². The summed E-state index contributed by atoms with van der Waals surface area (Å²) in [5.74, 6) is 0. The summed E-state index contributed by atoms with van der Waals surface area (Å²) in [4.78, 5) is 0. The van der Waals surface area contributed by atoms with Crippen molar-refractivity contribution < 1.29 is 27.0 Å². The highest BCUT2D eigenvalue weighted by Gasteiger charge is 2.42. The fraction of sp³-hybridized carbons (Fsp3) is 1.00. The molecule has 0 fully saturated rings. The average Bonchev–Trinajstić information content (AvgIpc) is 1.88. The summed E-state index contributed by atoms with van der Waals surface area (Å²) in [5.41, 5.74) is 0. The minimum Gasteiger partial charge on any atom is -0.355 e. The van der Waals surface area contributed by atoms with E-state index in [4.69, 9.17) is 0 Å². The number of hydrogen-bond donors (Lipinski definition) is 0. The number of halogens is 4. The molecule has 0 spiro atoms. The van der Waals surface area contributed by atoms with Gasteiger partial charge >= 0.3 is 12.5 Å². The van der Waals surface area contributed by atoms with Crippen LogP contribution < -0.4 is 0 Å². The summed E-state index contributed by atoms with van der Waals surface area (Å²) in [6.45, 7) is 0.844. The van der Waals surface area contributed by atoms with E-state index >= 15 is 0 Å². The third kappa shape index (κ3) is 4.15. The quantitative estimate of drug-likeness (QED) is 0.361. The lowest BCUT2D eigenvalue weighted by Gasteiger charge is -2.14. The van der Waals surface area contributed by atoms with Crippen LogP contribution in [-0.2, 0) is 9.47 Å². The molecule has 0 amide bonds. The lowest BCUT2D eigenvalue weighted by Crippen LogP contribution is -2.31. The Morgan fingerprint density at radius 2 is 1.91 bits per heavy atom. The van der Waals surface area contributed by atoms with Crippen molar-refractivity contribution in [2.75, 3.05) is 13.4 Å². The Hall–Kier alpha value is -0.360. The first-order valence-corrected chi connectivity index (χ1v) is 2.88. The highest BCUT2D eigenvalue weighted by Crippen LogP contribution is 2.23. The average molecular weight is 176 g/mol. The van der Waals surface area contributed by atoms with Crippen LogP contribution in [-0.4, -0.2) is 25.9 Å². The molecule has 0 aliphatic rings. The maximum Gasteiger partial charge on any atom is 0.418 e. The SMILES string of the molecule is CCOCOC(F)(F)C(F)F. The Labute approximate surface area is 61.1 Å². The first kappa shape index (κ1) is 10.6. The third-order valence-electron chi connectivity index (χ3n) is 0.793. The van der Waals surface area contributed by atoms with E-state index in [1.54, 1.807) is 0 Å². The van der Waals surface area contributed by atoms with Gasteiger partial charge in [-0.1, -0.05) is 0 Å². The van der Waals surface area contributed by atoms with Crippen LogP contribution >= 0.6 is 0 Å². The molecule has 0 aromatic heterocycles. The highest BCUT2D eigenvalue weighted by atomic mass is 19.3. The topological polar surface area (TPSA) is 18.5 Å². The van der Waals surface area contributed by atoms with E-state index in [-0.39, 0.29) is 6.61 Å². The maximum absolute atomic E-state index is 11.8. The Bertz CT molecular complexity index is 107. The molecule has 68 valence electrons. The van der Waals surface area contributed by atoms with Crippen LogP contribution in [0.1, 0.15) is 6.92 Å². The largest absolute Gasteiger partial charge is 0.418 e. The lowest BCUT2D eigenvalue weighted by molar-refractivity contribution is -0.326. The molecular weight excluding hydrogens is 168 g/mol. The summed E-state index contributed by atoms with van der Waals surface area (Å²) in [6.07, 6.45) is -8.22. The molecule has 0 rings (SSSR count). The van der Waals surface area contributed by atoms with Crippen molar-refractivity contribution in [2.24, 2.45) is 0 Å². The second-order valence-electron chi connectivity index (χ2n) is 1.62. The van der Waals surface area contributed by atoms with Crippen LogP contribution in [0.4, 0.5) is 17.6 Å². The van der Waals surface area contributed by atoms with Gasteiger partial charge in [0.2, 0.25) is 0 Å². The molecule has 0 saturated carbocycles. The number of rotatable bonds is 5. The van der Waals surface area contributed by atoms with Crippen LogP contribution in [0.2, 0.25) is 0 Å². The highest BCUT2D eigenvalue weighted by molar-refractivity contribution is 4.52. The zero-order valence-corrected chi connectivity index (χ0v) is 5.82. The van der Waals surface area contributed by atoms with Crippen LogP contribution in [0.25, 0.3) is 0 Å². The molecule has 0 radical (unpaired) electrons. The van der Waals surface area contributed by atoms with Crippen LogP contribution in [0.15, 0.2) is 0 Å². The Morgan fingerprint density at radius 1 is 1.36 bits per heavy atom. The monoisotopic (exact) mass is 176 g/mol. The first-order chi connectivity index (χ1) is 5.00. The molecule has 0 bridgehead atoms. The minimum atomic E-state index is -4.41. The second-order valence-corrected chi connectivity index (χ2v) is 1.62. The van der Waals surface area contributed by atoms with Gasteiger partial charge in [-0.05, 0) is 6.92 Å². The summed E-state index contributed by atoms with van der Waals surface area (Å²) in [5, 5.41) is 0. The zero-order valence-electron chi connectivity index (χ0n) is 5.82. The number of ether oxygens (including phenoxy) is 2. The van der Waals surface area contributed by atoms with Gasteiger partial charge in [-0.25, -0.2) is 8.78 Å². The number of hydrogen-bond acceptors (Lipinski definition) is 2. The van der Waals surface area contributed by atoms with Crippen molar-refractivity contribution in [3.05, 3.63) is 0 Å². The molecular formula is C5H8F4O2. The van der Waals surface area contributed by atoms with Crippen molar-refractivity contribution in [3.63, 3.8) is 0 Å². The standard InChI is InChI=1S/C5H8F4O2/c1-2-10-3-11-5(8,9)4(6)7/h4H,2-3H2,1H3. The van der Waals surface area contributed by atoms with E-state index < -0.39 is 19.3 Å². The predicted octanol–water partition coefficient (Wildman–Crippen LogP) is 1.85. The summed E-state index contributed by atoms with van der Waals surface area (Å²) in [6, 6.07) is 0. The molecule has 0 aromatic carbocycles. The van der Waals surface area contributed by atoms with Gasteiger partial charge in [0.15, 0.2) is 6.79 Å². The lowest BCUT2D eigenvalue weighted by atomic mass is 10.7. The fourth-order valence-corrected chi connectivity index (χ4v) is 0.267. The Kier molecular flexibility index (Phi) is 4.36. The van der Waals surface area contributed by atoms with E-state index in [1.807, 2.05) is 0 Å². The molecule has 0 heterocycles. The molecule has 6 heteroatoms. The maximum atomic E-state index is 11.8. The molecule has 0 atom stereocenters. The first-order valence-electron chi connectivity index (χ1n) is 2.88. The Balaban J connectivity index is 3.55. The molecule has 0 aliphatic heterocycles. The molecule has 2 nitrogen and oxygen atoms in total. The van der Waals surface area contributed by atoms with Crippen molar-refractivity contribution in [3.8, 4) is 0 Å². The predicted molar refractivity (Wildman–Crippen MR) is 28.5 cm³/mol. The zero-order chi connectivity index (χ0) is 8.91. The van der Waals surface area contributed by atoms with Crippen molar-refractivity contribution in [2.45, 2.75) is 19.5 Å². The third-order valence-corrected chi connectivity index (χ3v) is 0.793. The smallest absolute Gasteiger partial charge is 0.355 e. The van der Waals surface area contributed by atoms with Gasteiger partial charge in [-0.15, -0.1) is 0 Å². The normalized spacial score (nSPS) is 12.5. The van der Waals surface area contributed by atoms with Crippen LogP contribution in [0, 0.1) is 0 Å². The van der Waals surface area contributed by atoms with Crippen LogP contribution in [0.5, 0.6) is 0 Å². The summed E-state index contributed by atoms with van der Waals surface area (Å²) >= 11 is 0. The minimum absolute atomic E-state index is 0.138. The fourth-order valence-electron chi connectivity index (χ4n) is 0.267. The summed E-state index contributed by atoms with van der Waals surface area (Å²) < 4.78 is 54.0. The van der Waals surface area contributed by atoms with Gasteiger partial charge in [0.1, 0.15) is 0 Å². The molecule has 11 heavy (non-hydrogen) atoms. The van der Waals surface area contributed by atoms with E-state index in [2.05, 4.69) is 9.47 Å². The van der Waals surface area contributed by atoms with Crippen molar-refractivity contribution >= 4 is 0 Å². The number of alkyl halides is 4. The molecule has 0 saturated heterocycles. The van der Waals surface area contributed by atoms with E-state index in [1.165, 1.54) is 6.92 Å². The van der Waals surface area contributed by atoms with Gasteiger partial charge in [0.05, 0.1) is 0 Å². The van der Waals surface area contributed by atoms with Crippen molar-refractivity contribution in [1.29, 1.82) is 0 Å². The van der Waals surface area contributed by atoms with E-state index in [0.29, 0.717) is 0 Å². The van der Waals surface area contributed by atoms with Gasteiger partial charge in [-0.2, -0.15) is 8.78 Å².